The summed E-state index contributed by atoms with van der Waals surface area (Å²) in [5.74, 6) is 1.48. The molecule has 3 N–H and O–H groups in total. The molecule has 4 aromatic rings. The smallest absolute Gasteiger partial charge is 0.225 e. The van der Waals surface area contributed by atoms with Crippen molar-refractivity contribution in [3.63, 3.8) is 0 Å². The molecule has 2 aromatic carbocycles. The van der Waals surface area contributed by atoms with Crippen molar-refractivity contribution in [1.29, 1.82) is 0 Å². The van der Waals surface area contributed by atoms with Crippen LogP contribution in [0.1, 0.15) is 59.1 Å². The number of aliphatic hydroxyl groups excluding tert-OH is 1. The maximum Gasteiger partial charge on any atom is 0.225 e. The molecule has 6 nitrogen and oxygen atoms in total. The number of aromatic amines is 1. The minimum atomic E-state index is -0.377. The number of anilines is 1. The molecule has 1 aliphatic rings. The third-order valence-corrected chi connectivity index (χ3v) is 6.91. The van der Waals surface area contributed by atoms with Crippen molar-refractivity contribution in [3.05, 3.63) is 88.5 Å². The molecule has 1 saturated heterocycles. The Hall–Kier alpha value is -3.51. The Balaban J connectivity index is 1.45. The number of carbonyl (C=O) groups excluding carboxylic acids is 1. The number of carbonyl (C=O) groups is 1. The SMILES string of the molecule is Cc1ccc(C(NC(=O)Cc2ccc3[nH]cc(CO)c3c2)c2ccc(C)o2)c(N2CCCCC2)c1. The first-order chi connectivity index (χ1) is 17.0. The zero-order valence-corrected chi connectivity index (χ0v) is 20.4. The van der Waals surface area contributed by atoms with E-state index in [1.54, 1.807) is 0 Å². The number of piperidine rings is 1. The molecular formula is C29H33N3O3. The number of fused-ring (bicyclic) bond motifs is 1. The lowest BCUT2D eigenvalue weighted by molar-refractivity contribution is -0.121. The van der Waals surface area contributed by atoms with Crippen molar-refractivity contribution in [2.24, 2.45) is 0 Å². The van der Waals surface area contributed by atoms with Crippen LogP contribution in [0.3, 0.4) is 0 Å². The van der Waals surface area contributed by atoms with E-state index in [0.717, 1.165) is 52.2 Å². The molecule has 182 valence electrons. The third kappa shape index (κ3) is 4.98. The molecule has 0 radical (unpaired) electrons. The zero-order valence-electron chi connectivity index (χ0n) is 20.4. The van der Waals surface area contributed by atoms with Gasteiger partial charge in [-0.05, 0) is 74.6 Å². The summed E-state index contributed by atoms with van der Waals surface area (Å²) >= 11 is 0. The van der Waals surface area contributed by atoms with Crippen LogP contribution >= 0.6 is 0 Å². The second-order valence-corrected chi connectivity index (χ2v) is 9.59. The monoisotopic (exact) mass is 471 g/mol. The zero-order chi connectivity index (χ0) is 24.4. The average molecular weight is 472 g/mol. The molecule has 35 heavy (non-hydrogen) atoms. The summed E-state index contributed by atoms with van der Waals surface area (Å²) in [5, 5.41) is 13.8. The van der Waals surface area contributed by atoms with Gasteiger partial charge in [-0.1, -0.05) is 18.2 Å². The van der Waals surface area contributed by atoms with E-state index in [2.05, 4.69) is 40.3 Å². The standard InChI is InChI=1S/C29H33N3O3/c1-19-6-9-23(26(14-19)32-12-4-3-5-13-32)29(27-11-7-20(2)35-27)31-28(34)16-21-8-10-25-24(15-21)22(18-33)17-30-25/h6-11,14-15,17,29-30,33H,3-5,12-13,16,18H2,1-2H3,(H,31,34). The second kappa shape index (κ2) is 10.0. The first kappa shape index (κ1) is 23.2. The van der Waals surface area contributed by atoms with Crippen LogP contribution in [0, 0.1) is 13.8 Å². The Bertz CT molecular complexity index is 1330. The number of nitrogens with zero attached hydrogens (tertiary/aromatic N) is 1. The van der Waals surface area contributed by atoms with Gasteiger partial charge < -0.3 is 24.7 Å². The summed E-state index contributed by atoms with van der Waals surface area (Å²) in [6.07, 6.45) is 5.68. The lowest BCUT2D eigenvalue weighted by Gasteiger charge is -2.32. The molecule has 0 spiro atoms. The van der Waals surface area contributed by atoms with Gasteiger partial charge in [0.1, 0.15) is 17.6 Å². The summed E-state index contributed by atoms with van der Waals surface area (Å²) in [5.41, 5.74) is 6.12. The van der Waals surface area contributed by atoms with E-state index in [0.29, 0.717) is 0 Å². The van der Waals surface area contributed by atoms with Gasteiger partial charge >= 0.3 is 0 Å². The highest BCUT2D eigenvalue weighted by atomic mass is 16.3. The van der Waals surface area contributed by atoms with Crippen LogP contribution in [0.5, 0.6) is 0 Å². The summed E-state index contributed by atoms with van der Waals surface area (Å²) in [6, 6.07) is 15.9. The molecule has 3 heterocycles. The molecule has 1 amide bonds. The molecule has 1 aliphatic heterocycles. The van der Waals surface area contributed by atoms with Gasteiger partial charge in [-0.2, -0.15) is 0 Å². The highest BCUT2D eigenvalue weighted by Crippen LogP contribution is 2.34. The van der Waals surface area contributed by atoms with Gasteiger partial charge in [-0.25, -0.2) is 0 Å². The number of rotatable bonds is 7. The van der Waals surface area contributed by atoms with Crippen molar-refractivity contribution in [1.82, 2.24) is 10.3 Å². The van der Waals surface area contributed by atoms with Crippen LogP contribution in [-0.2, 0) is 17.8 Å². The fraction of sp³-hybridized carbons (Fsp3) is 0.345. The van der Waals surface area contributed by atoms with Gasteiger partial charge in [0.25, 0.3) is 0 Å². The van der Waals surface area contributed by atoms with E-state index in [4.69, 9.17) is 4.42 Å². The normalized spacial score (nSPS) is 14.9. The maximum absolute atomic E-state index is 13.3. The predicted molar refractivity (Wildman–Crippen MR) is 139 cm³/mol. The maximum atomic E-state index is 13.3. The molecule has 5 rings (SSSR count). The molecule has 1 unspecified atom stereocenters. The van der Waals surface area contributed by atoms with Gasteiger partial charge in [0, 0.05) is 47.0 Å². The van der Waals surface area contributed by atoms with Crippen LogP contribution in [0.4, 0.5) is 5.69 Å². The Kier molecular flexibility index (Phi) is 6.64. The Morgan fingerprint density at radius 2 is 1.91 bits per heavy atom. The lowest BCUT2D eigenvalue weighted by Crippen LogP contribution is -2.34. The number of amides is 1. The average Bonchev–Trinajstić information content (AvgIpc) is 3.49. The number of nitrogens with one attached hydrogen (secondary N) is 2. The van der Waals surface area contributed by atoms with E-state index in [9.17, 15) is 9.90 Å². The fourth-order valence-electron chi connectivity index (χ4n) is 5.08. The molecular weight excluding hydrogens is 438 g/mol. The minimum Gasteiger partial charge on any atom is -0.464 e. The molecule has 0 aliphatic carbocycles. The number of benzene rings is 2. The number of aromatic nitrogens is 1. The topological polar surface area (TPSA) is 81.5 Å². The van der Waals surface area contributed by atoms with Crippen molar-refractivity contribution in [2.75, 3.05) is 18.0 Å². The Morgan fingerprint density at radius 1 is 1.09 bits per heavy atom. The van der Waals surface area contributed by atoms with Crippen LogP contribution in [-0.4, -0.2) is 29.1 Å². The molecule has 2 aromatic heterocycles. The summed E-state index contributed by atoms with van der Waals surface area (Å²) in [6.45, 7) is 6.05. The number of furan rings is 1. The van der Waals surface area contributed by atoms with E-state index in [-0.39, 0.29) is 25.0 Å². The largest absolute Gasteiger partial charge is 0.464 e. The van der Waals surface area contributed by atoms with Crippen molar-refractivity contribution < 1.29 is 14.3 Å². The van der Waals surface area contributed by atoms with Gasteiger partial charge in [-0.15, -0.1) is 0 Å². The summed E-state index contributed by atoms with van der Waals surface area (Å²) in [7, 11) is 0. The molecule has 0 bridgehead atoms. The number of hydrogen-bond acceptors (Lipinski definition) is 4. The quantitative estimate of drug-likeness (QED) is 0.341. The highest BCUT2D eigenvalue weighted by molar-refractivity contribution is 5.86. The van der Waals surface area contributed by atoms with E-state index in [1.807, 2.05) is 43.5 Å². The first-order valence-corrected chi connectivity index (χ1v) is 12.4. The minimum absolute atomic E-state index is 0.0394. The number of hydrogen-bond donors (Lipinski definition) is 3. The van der Waals surface area contributed by atoms with Crippen molar-refractivity contribution in [2.45, 2.75) is 52.2 Å². The highest BCUT2D eigenvalue weighted by Gasteiger charge is 2.26. The van der Waals surface area contributed by atoms with Crippen LogP contribution in [0.2, 0.25) is 0 Å². The van der Waals surface area contributed by atoms with E-state index in [1.165, 1.54) is 30.5 Å². The summed E-state index contributed by atoms with van der Waals surface area (Å²) in [4.78, 5) is 18.9. The van der Waals surface area contributed by atoms with Crippen molar-refractivity contribution >= 4 is 22.5 Å². The van der Waals surface area contributed by atoms with Crippen molar-refractivity contribution in [3.8, 4) is 0 Å². The first-order valence-electron chi connectivity index (χ1n) is 12.4. The fourth-order valence-corrected chi connectivity index (χ4v) is 5.08. The molecule has 1 atom stereocenters. The molecule has 6 heteroatoms. The van der Waals surface area contributed by atoms with Crippen LogP contribution in [0.25, 0.3) is 10.9 Å². The Labute approximate surface area is 206 Å². The van der Waals surface area contributed by atoms with Crippen LogP contribution in [0.15, 0.2) is 59.1 Å². The second-order valence-electron chi connectivity index (χ2n) is 9.59. The van der Waals surface area contributed by atoms with Gasteiger partial charge in [-0.3, -0.25) is 4.79 Å². The van der Waals surface area contributed by atoms with Crippen LogP contribution < -0.4 is 10.2 Å². The number of aliphatic hydroxyl groups is 1. The van der Waals surface area contributed by atoms with E-state index < -0.39 is 0 Å². The molecule has 1 fully saturated rings. The van der Waals surface area contributed by atoms with Gasteiger partial charge in [0.2, 0.25) is 5.91 Å². The molecule has 0 saturated carbocycles. The third-order valence-electron chi connectivity index (χ3n) is 6.91. The predicted octanol–water partition coefficient (Wildman–Crippen LogP) is 5.31. The number of aryl methyl sites for hydroxylation is 2. The summed E-state index contributed by atoms with van der Waals surface area (Å²) < 4.78 is 6.04. The Morgan fingerprint density at radius 3 is 2.66 bits per heavy atom. The van der Waals surface area contributed by atoms with Gasteiger partial charge in [0.15, 0.2) is 0 Å². The lowest BCUT2D eigenvalue weighted by atomic mass is 9.97. The number of H-pyrrole nitrogens is 1. The van der Waals surface area contributed by atoms with Gasteiger partial charge in [0.05, 0.1) is 13.0 Å². The van der Waals surface area contributed by atoms with E-state index >= 15 is 0 Å².